The maximum absolute atomic E-state index is 12.9. The lowest BCUT2D eigenvalue weighted by Crippen LogP contribution is -2.28. The third-order valence-electron chi connectivity index (χ3n) is 4.30. The highest BCUT2D eigenvalue weighted by molar-refractivity contribution is 6.05. The third kappa shape index (κ3) is 4.06. The van der Waals surface area contributed by atoms with Crippen LogP contribution in [0.15, 0.2) is 53.6 Å². The Bertz CT molecular complexity index is 1120. The van der Waals surface area contributed by atoms with Crippen LogP contribution in [-0.2, 0) is 11.3 Å². The molecule has 3 aromatic rings. The predicted octanol–water partition coefficient (Wildman–Crippen LogP) is 3.06. The zero-order chi connectivity index (χ0) is 21.0. The molecule has 0 spiro atoms. The lowest BCUT2D eigenvalue weighted by Gasteiger charge is -2.16. The summed E-state index contributed by atoms with van der Waals surface area (Å²) >= 11 is 0. The summed E-state index contributed by atoms with van der Waals surface area (Å²) in [5, 5.41) is 7.39. The molecule has 2 heterocycles. The molecular formula is C21H20N4O4. The van der Waals surface area contributed by atoms with E-state index in [4.69, 9.17) is 4.74 Å². The fraction of sp³-hybridized carbons (Fsp3) is 0.190. The third-order valence-corrected chi connectivity index (χ3v) is 4.30. The number of pyridine rings is 1. The van der Waals surface area contributed by atoms with Gasteiger partial charge >= 0.3 is 5.97 Å². The molecule has 0 aliphatic carbocycles. The number of nitrogens with one attached hydrogen (secondary N) is 1. The van der Waals surface area contributed by atoms with Crippen molar-refractivity contribution in [1.29, 1.82) is 0 Å². The summed E-state index contributed by atoms with van der Waals surface area (Å²) < 4.78 is 6.04. The Hall–Kier alpha value is -3.81. The standard InChI is InChI=1S/C21H20N4O4/c1-4-25-20(27)19(23-16-9-6-10-22-12-16)17(13(2)26)18(24-25)14-7-5-8-15(11-14)21(28)29-3/h5-12,23H,4H2,1-3H3. The van der Waals surface area contributed by atoms with Crippen molar-refractivity contribution in [2.24, 2.45) is 0 Å². The number of Topliss-reactive ketones (excluding diaryl/α,β-unsaturated/α-hetero) is 1. The topological polar surface area (TPSA) is 103 Å². The molecule has 8 heteroatoms. The van der Waals surface area contributed by atoms with Gasteiger partial charge in [-0.1, -0.05) is 12.1 Å². The quantitative estimate of drug-likeness (QED) is 0.508. The van der Waals surface area contributed by atoms with Crippen molar-refractivity contribution in [2.45, 2.75) is 20.4 Å². The van der Waals surface area contributed by atoms with Crippen LogP contribution in [0.2, 0.25) is 0 Å². The monoisotopic (exact) mass is 392 g/mol. The summed E-state index contributed by atoms with van der Waals surface area (Å²) in [4.78, 5) is 41.4. The summed E-state index contributed by atoms with van der Waals surface area (Å²) in [6.07, 6.45) is 3.16. The molecule has 0 saturated heterocycles. The molecule has 0 radical (unpaired) electrons. The molecule has 0 atom stereocenters. The van der Waals surface area contributed by atoms with Crippen LogP contribution in [0.3, 0.4) is 0 Å². The average molecular weight is 392 g/mol. The largest absolute Gasteiger partial charge is 0.465 e. The van der Waals surface area contributed by atoms with E-state index in [1.165, 1.54) is 18.7 Å². The van der Waals surface area contributed by atoms with Gasteiger partial charge in [-0.3, -0.25) is 14.6 Å². The van der Waals surface area contributed by atoms with Crippen molar-refractivity contribution in [3.8, 4) is 11.3 Å². The number of ketones is 1. The molecule has 148 valence electrons. The molecule has 0 amide bonds. The Morgan fingerprint density at radius 2 is 2.00 bits per heavy atom. The first kappa shape index (κ1) is 19.9. The highest BCUT2D eigenvalue weighted by atomic mass is 16.5. The first-order chi connectivity index (χ1) is 14.0. The van der Waals surface area contributed by atoms with E-state index >= 15 is 0 Å². The number of esters is 1. The van der Waals surface area contributed by atoms with Crippen LogP contribution in [0.25, 0.3) is 11.3 Å². The van der Waals surface area contributed by atoms with Gasteiger partial charge in [0, 0.05) is 18.3 Å². The molecule has 1 N–H and O–H groups in total. The minimum Gasteiger partial charge on any atom is -0.465 e. The van der Waals surface area contributed by atoms with E-state index in [2.05, 4.69) is 15.4 Å². The van der Waals surface area contributed by atoms with Crippen LogP contribution in [0, 0.1) is 0 Å². The highest BCUT2D eigenvalue weighted by Crippen LogP contribution is 2.28. The summed E-state index contributed by atoms with van der Waals surface area (Å²) in [6, 6.07) is 10.0. The highest BCUT2D eigenvalue weighted by Gasteiger charge is 2.22. The Kier molecular flexibility index (Phi) is 5.82. The summed E-state index contributed by atoms with van der Waals surface area (Å²) in [5.74, 6) is -0.837. The Balaban J connectivity index is 2.27. The molecule has 0 aliphatic rings. The van der Waals surface area contributed by atoms with Gasteiger partial charge in [-0.15, -0.1) is 0 Å². The van der Waals surface area contributed by atoms with Gasteiger partial charge in [-0.05, 0) is 38.1 Å². The van der Waals surface area contributed by atoms with Crippen LogP contribution in [0.5, 0.6) is 0 Å². The van der Waals surface area contributed by atoms with Crippen LogP contribution in [0.4, 0.5) is 11.4 Å². The number of anilines is 2. The Labute approximate surface area is 167 Å². The Morgan fingerprint density at radius 3 is 2.62 bits per heavy atom. The van der Waals surface area contributed by atoms with Gasteiger partial charge in [0.25, 0.3) is 5.56 Å². The van der Waals surface area contributed by atoms with E-state index in [1.807, 2.05) is 0 Å². The molecule has 0 unspecified atom stereocenters. The van der Waals surface area contributed by atoms with Gasteiger partial charge < -0.3 is 10.1 Å². The fourth-order valence-corrected chi connectivity index (χ4v) is 2.94. The molecule has 0 fully saturated rings. The van der Waals surface area contributed by atoms with E-state index in [0.717, 1.165) is 0 Å². The van der Waals surface area contributed by atoms with Crippen molar-refractivity contribution < 1.29 is 14.3 Å². The van der Waals surface area contributed by atoms with E-state index in [0.29, 0.717) is 29.1 Å². The smallest absolute Gasteiger partial charge is 0.337 e. The minimum absolute atomic E-state index is 0.112. The lowest BCUT2D eigenvalue weighted by molar-refractivity contribution is 0.0600. The number of benzene rings is 1. The van der Waals surface area contributed by atoms with Crippen molar-refractivity contribution in [3.63, 3.8) is 0 Å². The van der Waals surface area contributed by atoms with E-state index in [-0.39, 0.29) is 17.0 Å². The van der Waals surface area contributed by atoms with E-state index in [9.17, 15) is 14.4 Å². The van der Waals surface area contributed by atoms with Crippen molar-refractivity contribution in [3.05, 3.63) is 70.3 Å². The number of aryl methyl sites for hydroxylation is 1. The number of rotatable bonds is 6. The van der Waals surface area contributed by atoms with Gasteiger partial charge in [0.15, 0.2) is 5.78 Å². The van der Waals surface area contributed by atoms with Gasteiger partial charge in [0.2, 0.25) is 0 Å². The van der Waals surface area contributed by atoms with Crippen LogP contribution in [0.1, 0.15) is 34.6 Å². The summed E-state index contributed by atoms with van der Waals surface area (Å²) in [5.41, 5.74) is 1.54. The number of ether oxygens (including phenoxy) is 1. The molecule has 0 aliphatic heterocycles. The fourth-order valence-electron chi connectivity index (χ4n) is 2.94. The SMILES string of the molecule is CCn1nc(-c2cccc(C(=O)OC)c2)c(C(C)=O)c(Nc2cccnc2)c1=O. The first-order valence-electron chi connectivity index (χ1n) is 8.98. The first-order valence-corrected chi connectivity index (χ1v) is 8.98. The van der Waals surface area contributed by atoms with E-state index in [1.54, 1.807) is 55.7 Å². The molecule has 29 heavy (non-hydrogen) atoms. The second kappa shape index (κ2) is 8.47. The van der Waals surface area contributed by atoms with Crippen molar-refractivity contribution in [1.82, 2.24) is 14.8 Å². The van der Waals surface area contributed by atoms with Gasteiger partial charge in [0.1, 0.15) is 11.4 Å². The molecule has 1 aromatic carbocycles. The maximum Gasteiger partial charge on any atom is 0.337 e. The average Bonchev–Trinajstić information content (AvgIpc) is 2.74. The number of carbonyl (C=O) groups is 2. The number of nitrogens with zero attached hydrogens (tertiary/aromatic N) is 3. The summed E-state index contributed by atoms with van der Waals surface area (Å²) in [7, 11) is 1.29. The summed E-state index contributed by atoms with van der Waals surface area (Å²) in [6.45, 7) is 3.46. The number of carbonyl (C=O) groups excluding carboxylic acids is 2. The molecule has 3 rings (SSSR count). The second-order valence-electron chi connectivity index (χ2n) is 6.21. The molecular weight excluding hydrogens is 372 g/mol. The number of methoxy groups -OCH3 is 1. The van der Waals surface area contributed by atoms with Gasteiger partial charge in [-0.2, -0.15) is 5.10 Å². The zero-order valence-electron chi connectivity index (χ0n) is 16.3. The molecule has 0 bridgehead atoms. The van der Waals surface area contributed by atoms with Crippen LogP contribution < -0.4 is 10.9 Å². The Morgan fingerprint density at radius 1 is 1.21 bits per heavy atom. The minimum atomic E-state index is -0.506. The predicted molar refractivity (Wildman–Crippen MR) is 108 cm³/mol. The molecule has 8 nitrogen and oxygen atoms in total. The van der Waals surface area contributed by atoms with Crippen LogP contribution >= 0.6 is 0 Å². The zero-order valence-corrected chi connectivity index (χ0v) is 16.3. The lowest BCUT2D eigenvalue weighted by atomic mass is 10.0. The second-order valence-corrected chi connectivity index (χ2v) is 6.21. The van der Waals surface area contributed by atoms with Crippen molar-refractivity contribution in [2.75, 3.05) is 12.4 Å². The number of hydrogen-bond donors (Lipinski definition) is 1. The van der Waals surface area contributed by atoms with Gasteiger partial charge in [-0.25, -0.2) is 9.48 Å². The van der Waals surface area contributed by atoms with E-state index < -0.39 is 11.5 Å². The molecule has 2 aromatic heterocycles. The van der Waals surface area contributed by atoms with Crippen LogP contribution in [-0.4, -0.2) is 33.6 Å². The normalized spacial score (nSPS) is 10.4. The molecule has 0 saturated carbocycles. The van der Waals surface area contributed by atoms with Gasteiger partial charge in [0.05, 0.1) is 30.1 Å². The number of hydrogen-bond acceptors (Lipinski definition) is 7. The maximum atomic E-state index is 12.9. The number of aromatic nitrogens is 3. The van der Waals surface area contributed by atoms with Crippen molar-refractivity contribution >= 4 is 23.1 Å².